The second-order valence-corrected chi connectivity index (χ2v) is 11.6. The van der Waals surface area contributed by atoms with E-state index in [-0.39, 0.29) is 31.0 Å². The lowest BCUT2D eigenvalue weighted by molar-refractivity contribution is -0.168. The zero-order valence-corrected chi connectivity index (χ0v) is 23.8. The van der Waals surface area contributed by atoms with Gasteiger partial charge in [-0.15, -0.1) is 0 Å². The van der Waals surface area contributed by atoms with Gasteiger partial charge in [0.25, 0.3) is 0 Å². The van der Waals surface area contributed by atoms with Gasteiger partial charge in [-0.25, -0.2) is 4.98 Å². The van der Waals surface area contributed by atoms with Gasteiger partial charge in [0.05, 0.1) is 30.6 Å². The van der Waals surface area contributed by atoms with E-state index in [4.69, 9.17) is 18.5 Å². The first-order valence-electron chi connectivity index (χ1n) is 13.8. The van der Waals surface area contributed by atoms with Gasteiger partial charge in [0.1, 0.15) is 5.69 Å². The molecule has 0 saturated carbocycles. The van der Waals surface area contributed by atoms with E-state index < -0.39 is 7.60 Å². The summed E-state index contributed by atoms with van der Waals surface area (Å²) in [6, 6.07) is 24.4. The first-order valence-corrected chi connectivity index (χ1v) is 15.3. The number of hydrogen-bond acceptors (Lipinski definition) is 7. The summed E-state index contributed by atoms with van der Waals surface area (Å²) in [4.78, 5) is 17.9. The van der Waals surface area contributed by atoms with E-state index in [1.54, 1.807) is 38.1 Å². The fourth-order valence-corrected chi connectivity index (χ4v) is 6.57. The molecule has 1 atom stereocenters. The summed E-state index contributed by atoms with van der Waals surface area (Å²) < 4.78 is 37.1. The molecule has 0 radical (unpaired) electrons. The van der Waals surface area contributed by atoms with Crippen molar-refractivity contribution in [3.63, 3.8) is 0 Å². The van der Waals surface area contributed by atoms with Crippen LogP contribution in [0, 0.1) is 0 Å². The highest BCUT2D eigenvalue weighted by Crippen LogP contribution is 2.49. The molecule has 208 valence electrons. The van der Waals surface area contributed by atoms with E-state index >= 15 is 0 Å². The van der Waals surface area contributed by atoms with E-state index in [2.05, 4.69) is 4.98 Å². The van der Waals surface area contributed by atoms with Crippen molar-refractivity contribution in [1.29, 1.82) is 0 Å². The number of ketones is 1. The number of ether oxygens (including phenoxy) is 2. The molecule has 0 aliphatic carbocycles. The Hall–Kier alpha value is -3.19. The van der Waals surface area contributed by atoms with Gasteiger partial charge in [-0.1, -0.05) is 60.7 Å². The van der Waals surface area contributed by atoms with Crippen LogP contribution in [0.25, 0.3) is 22.0 Å². The summed E-state index contributed by atoms with van der Waals surface area (Å²) >= 11 is 0. The van der Waals surface area contributed by atoms with Crippen molar-refractivity contribution >= 4 is 29.6 Å². The molecule has 0 spiro atoms. The number of pyridine rings is 1. The first-order chi connectivity index (χ1) is 19.5. The lowest BCUT2D eigenvalue weighted by atomic mass is 10.0. The molecule has 2 heterocycles. The highest BCUT2D eigenvalue weighted by atomic mass is 31.2. The Labute approximate surface area is 235 Å². The molecular formula is C32H34NO6P. The molecule has 1 aliphatic rings. The Kier molecular flexibility index (Phi) is 9.20. The third-order valence-electron chi connectivity index (χ3n) is 6.80. The third kappa shape index (κ3) is 6.41. The maximum Gasteiger partial charge on any atom is 0.363 e. The number of benzene rings is 3. The summed E-state index contributed by atoms with van der Waals surface area (Å²) in [5.74, 6) is -0.211. The molecule has 4 aromatic rings. The fourth-order valence-electron chi connectivity index (χ4n) is 4.80. The van der Waals surface area contributed by atoms with Crippen molar-refractivity contribution < 1.29 is 27.9 Å². The van der Waals surface area contributed by atoms with Crippen LogP contribution in [0.5, 0.6) is 0 Å². The quantitative estimate of drug-likeness (QED) is 0.144. The molecule has 0 bridgehead atoms. The molecule has 40 heavy (non-hydrogen) atoms. The van der Waals surface area contributed by atoms with Crippen molar-refractivity contribution in [2.24, 2.45) is 0 Å². The zero-order valence-electron chi connectivity index (χ0n) is 22.9. The van der Waals surface area contributed by atoms with Crippen LogP contribution in [0.3, 0.4) is 0 Å². The van der Waals surface area contributed by atoms with Crippen LogP contribution < -0.4 is 5.30 Å². The monoisotopic (exact) mass is 559 g/mol. The summed E-state index contributed by atoms with van der Waals surface area (Å²) in [5, 5.41) is 1.08. The van der Waals surface area contributed by atoms with Gasteiger partial charge in [0, 0.05) is 17.6 Å². The van der Waals surface area contributed by atoms with Crippen LogP contribution in [0.4, 0.5) is 0 Å². The normalized spacial score (nSPS) is 15.8. The topological polar surface area (TPSA) is 84.0 Å². The molecule has 8 heteroatoms. The minimum Gasteiger partial charge on any atom is -0.353 e. The molecule has 7 nitrogen and oxygen atoms in total. The minimum absolute atomic E-state index is 0.145. The molecule has 0 N–H and O–H groups in total. The van der Waals surface area contributed by atoms with Gasteiger partial charge in [-0.05, 0) is 68.0 Å². The van der Waals surface area contributed by atoms with Gasteiger partial charge in [0.15, 0.2) is 6.29 Å². The summed E-state index contributed by atoms with van der Waals surface area (Å²) in [5.41, 5.74) is 4.04. The van der Waals surface area contributed by atoms with Crippen molar-refractivity contribution in [3.05, 3.63) is 95.7 Å². The lowest BCUT2D eigenvalue weighted by Gasteiger charge is -2.22. The summed E-state index contributed by atoms with van der Waals surface area (Å²) in [6.45, 7) is 5.16. The Bertz CT molecular complexity index is 1490. The zero-order chi connectivity index (χ0) is 28.0. The van der Waals surface area contributed by atoms with E-state index in [1.807, 2.05) is 54.6 Å². The van der Waals surface area contributed by atoms with E-state index in [9.17, 15) is 9.36 Å². The second-order valence-electron chi connectivity index (χ2n) is 9.60. The van der Waals surface area contributed by atoms with Crippen LogP contribution in [0.2, 0.25) is 0 Å². The summed E-state index contributed by atoms with van der Waals surface area (Å²) in [7, 11) is -3.73. The van der Waals surface area contributed by atoms with Gasteiger partial charge in [-0.2, -0.15) is 0 Å². The highest BCUT2D eigenvalue weighted by Gasteiger charge is 2.31. The van der Waals surface area contributed by atoms with Crippen molar-refractivity contribution in [1.82, 2.24) is 4.98 Å². The molecule has 1 saturated heterocycles. The van der Waals surface area contributed by atoms with Crippen molar-refractivity contribution in [3.8, 4) is 11.1 Å². The van der Waals surface area contributed by atoms with Gasteiger partial charge < -0.3 is 18.5 Å². The number of fused-ring (bicyclic) bond motifs is 1. The molecule has 1 fully saturated rings. The fraction of sp³-hybridized carbons (Fsp3) is 0.312. The van der Waals surface area contributed by atoms with Crippen LogP contribution >= 0.6 is 7.60 Å². The van der Waals surface area contributed by atoms with E-state index in [0.717, 1.165) is 47.9 Å². The van der Waals surface area contributed by atoms with E-state index in [0.29, 0.717) is 23.0 Å². The number of rotatable bonds is 11. The van der Waals surface area contributed by atoms with Crippen LogP contribution in [-0.4, -0.2) is 36.9 Å². The van der Waals surface area contributed by atoms with Crippen LogP contribution in [0.1, 0.15) is 54.7 Å². The standard InChI is InChI=1S/C32H34NO6P/c1-3-38-40(35,39-4-2)29-21-27(24-15-13-23(14-16-24)22-37-30-12-8-9-19-36-30)20-26-17-18-28(33-31(26)29)32(34)25-10-6-5-7-11-25/h5-7,10-11,13-18,20-21,30H,3-4,8-9,12,19,22H2,1-2H3. The Morgan fingerprint density at radius 2 is 1.68 bits per heavy atom. The average Bonchev–Trinajstić information content (AvgIpc) is 3.00. The largest absolute Gasteiger partial charge is 0.363 e. The summed E-state index contributed by atoms with van der Waals surface area (Å²) in [6.07, 6.45) is 2.98. The molecule has 0 amide bonds. The maximum atomic E-state index is 14.1. The highest BCUT2D eigenvalue weighted by molar-refractivity contribution is 7.62. The molecule has 1 unspecified atom stereocenters. The molecule has 1 aliphatic heterocycles. The predicted octanol–water partition coefficient (Wildman–Crippen LogP) is 7.07. The Morgan fingerprint density at radius 3 is 2.35 bits per heavy atom. The molecule has 1 aromatic heterocycles. The third-order valence-corrected chi connectivity index (χ3v) is 8.92. The second kappa shape index (κ2) is 13.0. The number of nitrogens with zero attached hydrogens (tertiary/aromatic N) is 1. The predicted molar refractivity (Wildman–Crippen MR) is 156 cm³/mol. The SMILES string of the molecule is CCOP(=O)(OCC)c1cc(-c2ccc(COC3CCCCO3)cc2)cc2ccc(C(=O)c3ccccc3)nc12. The minimum atomic E-state index is -3.73. The van der Waals surface area contributed by atoms with Gasteiger partial charge >= 0.3 is 7.60 Å². The van der Waals surface area contributed by atoms with Crippen LogP contribution in [0.15, 0.2) is 78.9 Å². The molecular weight excluding hydrogens is 525 g/mol. The smallest absolute Gasteiger partial charge is 0.353 e. The average molecular weight is 560 g/mol. The Morgan fingerprint density at radius 1 is 0.925 bits per heavy atom. The molecule has 3 aromatic carbocycles. The van der Waals surface area contributed by atoms with Gasteiger partial charge in [-0.3, -0.25) is 9.36 Å². The van der Waals surface area contributed by atoms with Crippen LogP contribution in [-0.2, 0) is 29.7 Å². The number of hydrogen-bond donors (Lipinski definition) is 0. The Balaban J connectivity index is 1.52. The maximum absolute atomic E-state index is 14.1. The van der Waals surface area contributed by atoms with E-state index in [1.165, 1.54) is 0 Å². The number of carbonyl (C=O) groups excluding carboxylic acids is 1. The van der Waals surface area contributed by atoms with Crippen molar-refractivity contribution in [2.45, 2.75) is 46.0 Å². The lowest BCUT2D eigenvalue weighted by Crippen LogP contribution is -2.21. The first kappa shape index (κ1) is 28.3. The van der Waals surface area contributed by atoms with Crippen molar-refractivity contribution in [2.75, 3.05) is 19.8 Å². The number of carbonyl (C=O) groups is 1. The van der Waals surface area contributed by atoms with Gasteiger partial charge in [0.2, 0.25) is 5.78 Å². The molecule has 5 rings (SSSR count). The number of aromatic nitrogens is 1.